The second-order valence-corrected chi connectivity index (χ2v) is 8.42. The van der Waals surface area contributed by atoms with Gasteiger partial charge in [0.1, 0.15) is 5.60 Å². The number of nitrogens with zero attached hydrogens (tertiary/aromatic N) is 2. The average molecular weight is 427 g/mol. The molecular weight excluding hydrogens is 392 g/mol. The molecule has 3 aromatic carbocycles. The molecule has 32 heavy (non-hydrogen) atoms. The van der Waals surface area contributed by atoms with Crippen LogP contribution in [0.1, 0.15) is 56.2 Å². The highest BCUT2D eigenvalue weighted by Gasteiger charge is 2.39. The third-order valence-electron chi connectivity index (χ3n) is 6.47. The molecule has 0 spiro atoms. The van der Waals surface area contributed by atoms with Crippen LogP contribution in [-0.4, -0.2) is 29.9 Å². The minimum atomic E-state index is -0.667. The van der Waals surface area contributed by atoms with Crippen LogP contribution in [0, 0.1) is 0 Å². The van der Waals surface area contributed by atoms with E-state index in [0.29, 0.717) is 12.6 Å². The Bertz CT molecular complexity index is 883. The number of hydrogen-bond donors (Lipinski definition) is 0. The Morgan fingerprint density at radius 2 is 1.28 bits per heavy atom. The molecule has 0 saturated carbocycles. The molecule has 166 valence electrons. The van der Waals surface area contributed by atoms with E-state index in [9.17, 15) is 0 Å². The summed E-state index contributed by atoms with van der Waals surface area (Å²) >= 11 is 0. The van der Waals surface area contributed by atoms with Gasteiger partial charge in [0, 0.05) is 12.3 Å². The second-order valence-electron chi connectivity index (χ2n) is 8.42. The summed E-state index contributed by atoms with van der Waals surface area (Å²) in [6.07, 6.45) is 4.27. The van der Waals surface area contributed by atoms with E-state index in [-0.39, 0.29) is 0 Å². The van der Waals surface area contributed by atoms with Crippen molar-refractivity contribution in [2.24, 2.45) is 5.10 Å². The molecule has 0 radical (unpaired) electrons. The largest absolute Gasteiger partial charge is 0.359 e. The summed E-state index contributed by atoms with van der Waals surface area (Å²) in [5.74, 6) is 0. The maximum Gasteiger partial charge on any atom is 0.143 e. The first-order valence-electron chi connectivity index (χ1n) is 11.9. The van der Waals surface area contributed by atoms with Crippen LogP contribution in [0.3, 0.4) is 0 Å². The summed E-state index contributed by atoms with van der Waals surface area (Å²) in [5.41, 5.74) is 4.03. The van der Waals surface area contributed by atoms with Gasteiger partial charge in [0.05, 0.1) is 12.6 Å². The highest BCUT2D eigenvalue weighted by molar-refractivity contribution is 5.83. The van der Waals surface area contributed by atoms with Gasteiger partial charge < -0.3 is 4.74 Å². The van der Waals surface area contributed by atoms with Crippen LogP contribution < -0.4 is 0 Å². The van der Waals surface area contributed by atoms with Gasteiger partial charge in [-0.1, -0.05) is 105 Å². The van der Waals surface area contributed by atoms with Gasteiger partial charge in [-0.3, -0.25) is 5.01 Å². The smallest absolute Gasteiger partial charge is 0.143 e. The Kier molecular flexibility index (Phi) is 7.39. The van der Waals surface area contributed by atoms with Gasteiger partial charge >= 0.3 is 0 Å². The van der Waals surface area contributed by atoms with E-state index < -0.39 is 5.60 Å². The van der Waals surface area contributed by atoms with Crippen molar-refractivity contribution in [1.29, 1.82) is 0 Å². The Balaban J connectivity index is 1.74. The van der Waals surface area contributed by atoms with E-state index in [1.807, 2.05) is 0 Å². The monoisotopic (exact) mass is 426 g/mol. The lowest BCUT2D eigenvalue weighted by molar-refractivity contribution is -0.0152. The molecule has 1 saturated heterocycles. The standard InChI is InChI=1S/C29H34N2O/c1-3-27(4-2)30-31-22-14-21-28(31)23-32-29(24-15-8-5-9-16-24,25-17-10-6-11-18-25)26-19-12-7-13-20-26/h5-13,15-20,28H,3-4,14,21-23H2,1-2H3/t28-/m0/s1. The summed E-state index contributed by atoms with van der Waals surface area (Å²) in [7, 11) is 0. The molecule has 1 aliphatic heterocycles. The normalized spacial score (nSPS) is 16.2. The van der Waals surface area contributed by atoms with Crippen LogP contribution in [0.5, 0.6) is 0 Å². The molecule has 0 N–H and O–H groups in total. The number of ether oxygens (including phenoxy) is 1. The van der Waals surface area contributed by atoms with Crippen LogP contribution >= 0.6 is 0 Å². The lowest BCUT2D eigenvalue weighted by atomic mass is 9.80. The maximum atomic E-state index is 7.04. The van der Waals surface area contributed by atoms with Gasteiger partial charge in [-0.25, -0.2) is 0 Å². The summed E-state index contributed by atoms with van der Waals surface area (Å²) in [6, 6.07) is 32.1. The summed E-state index contributed by atoms with van der Waals surface area (Å²) in [6.45, 7) is 6.01. The fourth-order valence-electron chi connectivity index (χ4n) is 4.68. The van der Waals surface area contributed by atoms with Gasteiger partial charge in [0.2, 0.25) is 0 Å². The zero-order valence-corrected chi connectivity index (χ0v) is 19.3. The number of rotatable bonds is 9. The second kappa shape index (κ2) is 10.6. The maximum absolute atomic E-state index is 7.04. The molecule has 0 aliphatic carbocycles. The van der Waals surface area contributed by atoms with E-state index in [4.69, 9.17) is 9.84 Å². The van der Waals surface area contributed by atoms with Gasteiger partial charge in [0.15, 0.2) is 0 Å². The number of hydrogen-bond acceptors (Lipinski definition) is 3. The first kappa shape index (κ1) is 22.3. The molecule has 0 amide bonds. The quantitative estimate of drug-likeness (QED) is 0.283. The fourth-order valence-corrected chi connectivity index (χ4v) is 4.68. The van der Waals surface area contributed by atoms with Crippen molar-refractivity contribution < 1.29 is 4.74 Å². The Morgan fingerprint density at radius 3 is 1.72 bits per heavy atom. The first-order chi connectivity index (χ1) is 15.8. The van der Waals surface area contributed by atoms with Crippen molar-refractivity contribution >= 4 is 5.71 Å². The van der Waals surface area contributed by atoms with Crippen molar-refractivity contribution in [1.82, 2.24) is 5.01 Å². The van der Waals surface area contributed by atoms with Gasteiger partial charge in [-0.2, -0.15) is 5.10 Å². The van der Waals surface area contributed by atoms with Gasteiger partial charge in [-0.05, 0) is 42.4 Å². The molecule has 3 nitrogen and oxygen atoms in total. The van der Waals surface area contributed by atoms with Crippen molar-refractivity contribution in [3.8, 4) is 0 Å². The van der Waals surface area contributed by atoms with Crippen LogP contribution in [0.15, 0.2) is 96.1 Å². The summed E-state index contributed by atoms with van der Waals surface area (Å²) < 4.78 is 7.04. The summed E-state index contributed by atoms with van der Waals surface area (Å²) in [5, 5.41) is 7.25. The molecule has 4 rings (SSSR count). The van der Waals surface area contributed by atoms with Crippen LogP contribution in [0.4, 0.5) is 0 Å². The highest BCUT2D eigenvalue weighted by Crippen LogP contribution is 2.41. The van der Waals surface area contributed by atoms with Crippen molar-refractivity contribution in [2.45, 2.75) is 51.2 Å². The predicted octanol–water partition coefficient (Wildman–Crippen LogP) is 6.64. The van der Waals surface area contributed by atoms with E-state index >= 15 is 0 Å². The SMILES string of the molecule is CCC(CC)=NN1CCC[C@H]1COC(c1ccccc1)(c1ccccc1)c1ccccc1. The Morgan fingerprint density at radius 1 is 0.812 bits per heavy atom. The van der Waals surface area contributed by atoms with Crippen molar-refractivity contribution in [3.63, 3.8) is 0 Å². The zero-order chi connectivity index (χ0) is 22.2. The van der Waals surface area contributed by atoms with Gasteiger partial charge in [0.25, 0.3) is 0 Å². The van der Waals surface area contributed by atoms with Crippen LogP contribution in [0.2, 0.25) is 0 Å². The third-order valence-corrected chi connectivity index (χ3v) is 6.47. The molecule has 0 bridgehead atoms. The fraction of sp³-hybridized carbons (Fsp3) is 0.345. The van der Waals surface area contributed by atoms with E-state index in [1.54, 1.807) is 0 Å². The topological polar surface area (TPSA) is 24.8 Å². The molecule has 3 aromatic rings. The molecule has 0 aromatic heterocycles. The lowest BCUT2D eigenvalue weighted by Crippen LogP contribution is -2.38. The highest BCUT2D eigenvalue weighted by atomic mass is 16.5. The molecule has 0 unspecified atom stereocenters. The predicted molar refractivity (Wildman–Crippen MR) is 133 cm³/mol. The molecule has 1 atom stereocenters. The van der Waals surface area contributed by atoms with Gasteiger partial charge in [-0.15, -0.1) is 0 Å². The van der Waals surface area contributed by atoms with E-state index in [2.05, 4.69) is 110 Å². The molecule has 1 fully saturated rings. The Hall–Kier alpha value is -2.91. The molecular formula is C29H34N2O. The van der Waals surface area contributed by atoms with Crippen LogP contribution in [-0.2, 0) is 10.3 Å². The minimum Gasteiger partial charge on any atom is -0.359 e. The molecule has 3 heteroatoms. The average Bonchev–Trinajstić information content (AvgIpc) is 3.32. The van der Waals surface area contributed by atoms with Crippen molar-refractivity contribution in [3.05, 3.63) is 108 Å². The number of hydrazone groups is 1. The molecule has 1 aliphatic rings. The molecule has 1 heterocycles. The zero-order valence-electron chi connectivity index (χ0n) is 19.3. The third kappa shape index (κ3) is 4.63. The lowest BCUT2D eigenvalue weighted by Gasteiger charge is -2.37. The number of benzene rings is 3. The minimum absolute atomic E-state index is 0.290. The first-order valence-corrected chi connectivity index (χ1v) is 11.9. The van der Waals surface area contributed by atoms with Crippen LogP contribution in [0.25, 0.3) is 0 Å². The summed E-state index contributed by atoms with van der Waals surface area (Å²) in [4.78, 5) is 0. The van der Waals surface area contributed by atoms with E-state index in [1.165, 1.54) is 5.71 Å². The van der Waals surface area contributed by atoms with E-state index in [0.717, 1.165) is 48.9 Å². The van der Waals surface area contributed by atoms with Crippen molar-refractivity contribution in [2.75, 3.05) is 13.2 Å². The Labute approximate surface area is 192 Å².